The summed E-state index contributed by atoms with van der Waals surface area (Å²) >= 11 is 0. The molecule has 0 saturated carbocycles. The Morgan fingerprint density at radius 2 is 0.985 bits per heavy atom. The van der Waals surface area contributed by atoms with Gasteiger partial charge in [-0.1, -0.05) is 170 Å². The second-order valence-corrected chi connectivity index (χ2v) is 17.6. The SMILES string of the molecule is c1cc(-c2ccc(N(c3cccc(-c4ccc5c(c4)c4cccc6c4n5-c4ccccc4O6)c3)c3ccccc3-c3cccc4c3oc3ccccc34)cc2)cc(-c2cccc3ccccc23)c1. The van der Waals surface area contributed by atoms with Crippen molar-refractivity contribution in [1.82, 2.24) is 4.57 Å². The number of fused-ring (bicyclic) bond motifs is 9. The molecule has 1 aliphatic rings. The summed E-state index contributed by atoms with van der Waals surface area (Å²) in [5.41, 5.74) is 17.3. The fraction of sp³-hybridized carbons (Fsp3) is 0. The number of rotatable bonds is 7. The van der Waals surface area contributed by atoms with Crippen LogP contribution in [0.5, 0.6) is 11.5 Å². The topological polar surface area (TPSA) is 30.5 Å². The first-order valence-corrected chi connectivity index (χ1v) is 23.2. The van der Waals surface area contributed by atoms with Gasteiger partial charge in [0.05, 0.1) is 22.4 Å². The number of hydrogen-bond acceptors (Lipinski definition) is 3. The van der Waals surface area contributed by atoms with E-state index in [-0.39, 0.29) is 0 Å². The van der Waals surface area contributed by atoms with Gasteiger partial charge in [0.1, 0.15) is 11.2 Å². The average Bonchev–Trinajstić information content (AvgIpc) is 3.96. The molecule has 1 aliphatic heterocycles. The van der Waals surface area contributed by atoms with Crippen molar-refractivity contribution in [2.75, 3.05) is 4.90 Å². The van der Waals surface area contributed by atoms with Crippen LogP contribution in [0.2, 0.25) is 0 Å². The highest BCUT2D eigenvalue weighted by Crippen LogP contribution is 2.48. The number of hydrogen-bond donors (Lipinski definition) is 0. The van der Waals surface area contributed by atoms with E-state index in [0.717, 1.165) is 95.0 Å². The minimum atomic E-state index is 0.862. The normalized spacial score (nSPS) is 11.9. The van der Waals surface area contributed by atoms with Crippen molar-refractivity contribution in [3.05, 3.63) is 243 Å². The zero-order valence-corrected chi connectivity index (χ0v) is 36.8. The Kier molecular flexibility index (Phi) is 8.55. The summed E-state index contributed by atoms with van der Waals surface area (Å²) < 4.78 is 15.5. The van der Waals surface area contributed by atoms with Crippen LogP contribution in [0.1, 0.15) is 0 Å². The van der Waals surface area contributed by atoms with E-state index >= 15 is 0 Å². The summed E-state index contributed by atoms with van der Waals surface area (Å²) in [6.07, 6.45) is 0. The lowest BCUT2D eigenvalue weighted by atomic mass is 9.95. The predicted octanol–water partition coefficient (Wildman–Crippen LogP) is 18.1. The van der Waals surface area contributed by atoms with Gasteiger partial charge in [0, 0.05) is 44.0 Å². The van der Waals surface area contributed by atoms with Crippen molar-refractivity contribution >= 4 is 71.6 Å². The van der Waals surface area contributed by atoms with E-state index in [4.69, 9.17) is 9.15 Å². The molecular formula is C64H40N2O2. The molecule has 0 unspecified atom stereocenters. The Morgan fingerprint density at radius 1 is 0.353 bits per heavy atom. The molecule has 0 N–H and O–H groups in total. The van der Waals surface area contributed by atoms with Crippen LogP contribution < -0.4 is 9.64 Å². The average molecular weight is 869 g/mol. The second kappa shape index (κ2) is 15.2. The highest BCUT2D eigenvalue weighted by Gasteiger charge is 2.25. The van der Waals surface area contributed by atoms with Crippen LogP contribution in [0.4, 0.5) is 17.1 Å². The minimum Gasteiger partial charge on any atom is -0.455 e. The molecule has 0 bridgehead atoms. The molecule has 14 rings (SSSR count). The van der Waals surface area contributed by atoms with E-state index in [0.29, 0.717) is 0 Å². The van der Waals surface area contributed by atoms with Crippen molar-refractivity contribution in [3.8, 4) is 61.7 Å². The minimum absolute atomic E-state index is 0.862. The van der Waals surface area contributed by atoms with Gasteiger partial charge in [-0.05, 0) is 117 Å². The lowest BCUT2D eigenvalue weighted by Gasteiger charge is -2.28. The van der Waals surface area contributed by atoms with Crippen molar-refractivity contribution in [1.29, 1.82) is 0 Å². The Bertz CT molecular complexity index is 4130. The van der Waals surface area contributed by atoms with Crippen LogP contribution >= 0.6 is 0 Å². The molecule has 11 aromatic carbocycles. The fourth-order valence-corrected chi connectivity index (χ4v) is 10.7. The van der Waals surface area contributed by atoms with Crippen LogP contribution in [0.25, 0.3) is 105 Å². The summed E-state index contributed by atoms with van der Waals surface area (Å²) in [6.45, 7) is 0. The largest absolute Gasteiger partial charge is 0.455 e. The maximum absolute atomic E-state index is 6.67. The van der Waals surface area contributed by atoms with Crippen molar-refractivity contribution in [2.45, 2.75) is 0 Å². The van der Waals surface area contributed by atoms with Gasteiger partial charge in [0.15, 0.2) is 11.5 Å². The highest BCUT2D eigenvalue weighted by molar-refractivity contribution is 6.14. The Balaban J connectivity index is 0.917. The smallest absolute Gasteiger partial charge is 0.152 e. The van der Waals surface area contributed by atoms with Gasteiger partial charge in [0.25, 0.3) is 0 Å². The molecule has 0 radical (unpaired) electrons. The third-order valence-corrected chi connectivity index (χ3v) is 13.8. The van der Waals surface area contributed by atoms with Gasteiger partial charge in [0.2, 0.25) is 0 Å². The summed E-state index contributed by atoms with van der Waals surface area (Å²) in [5, 5.41) is 7.06. The lowest BCUT2D eigenvalue weighted by molar-refractivity contribution is 0.476. The monoisotopic (exact) mass is 868 g/mol. The van der Waals surface area contributed by atoms with Crippen LogP contribution in [0.15, 0.2) is 247 Å². The lowest BCUT2D eigenvalue weighted by Crippen LogP contribution is -2.11. The maximum atomic E-state index is 6.67. The number of furan rings is 1. The molecule has 318 valence electrons. The molecule has 3 heterocycles. The zero-order valence-electron chi connectivity index (χ0n) is 36.8. The molecule has 68 heavy (non-hydrogen) atoms. The predicted molar refractivity (Wildman–Crippen MR) is 282 cm³/mol. The van der Waals surface area contributed by atoms with Crippen LogP contribution in [0.3, 0.4) is 0 Å². The van der Waals surface area contributed by atoms with E-state index in [1.165, 1.54) is 38.2 Å². The number of aromatic nitrogens is 1. The standard InChI is InChI=1S/C64H40N2O2/c1-2-20-49-42(14-1)15-11-23-50(49)46-18-9-16-43(38-46)41-32-35-47(36-33-41)65(57-27-5-3-21-51(57)54-25-12-26-55-52-22-4-7-29-60(52)68-64(54)55)48-19-10-17-44(39-48)45-34-37-58-56(40-45)53-24-13-31-62-63(53)66(58)59-28-6-8-30-61(59)67-62/h1-40H. The summed E-state index contributed by atoms with van der Waals surface area (Å²) in [6, 6.07) is 87.0. The first kappa shape index (κ1) is 38.2. The fourth-order valence-electron chi connectivity index (χ4n) is 10.7. The summed E-state index contributed by atoms with van der Waals surface area (Å²) in [7, 11) is 0. The van der Waals surface area contributed by atoms with Gasteiger partial charge in [-0.25, -0.2) is 0 Å². The molecule has 0 amide bonds. The quantitative estimate of drug-likeness (QED) is 0.160. The maximum Gasteiger partial charge on any atom is 0.152 e. The Morgan fingerprint density at radius 3 is 1.93 bits per heavy atom. The van der Waals surface area contributed by atoms with Crippen LogP contribution in [-0.2, 0) is 0 Å². The van der Waals surface area contributed by atoms with Crippen molar-refractivity contribution in [3.63, 3.8) is 0 Å². The number of anilines is 3. The van der Waals surface area contributed by atoms with Crippen molar-refractivity contribution in [2.24, 2.45) is 0 Å². The molecule has 2 aromatic heterocycles. The van der Waals surface area contributed by atoms with E-state index < -0.39 is 0 Å². The molecule has 0 atom stereocenters. The van der Waals surface area contributed by atoms with E-state index in [9.17, 15) is 0 Å². The first-order chi connectivity index (χ1) is 33.7. The van der Waals surface area contributed by atoms with Crippen LogP contribution in [-0.4, -0.2) is 4.57 Å². The Labute approximate surface area is 392 Å². The van der Waals surface area contributed by atoms with E-state index in [2.05, 4.69) is 234 Å². The zero-order chi connectivity index (χ0) is 44.7. The first-order valence-electron chi connectivity index (χ1n) is 23.2. The number of para-hydroxylation sites is 6. The van der Waals surface area contributed by atoms with Gasteiger partial charge >= 0.3 is 0 Å². The third-order valence-electron chi connectivity index (χ3n) is 13.8. The van der Waals surface area contributed by atoms with Gasteiger partial charge in [-0.15, -0.1) is 0 Å². The van der Waals surface area contributed by atoms with Crippen molar-refractivity contribution < 1.29 is 9.15 Å². The van der Waals surface area contributed by atoms with Gasteiger partial charge < -0.3 is 18.6 Å². The number of benzene rings is 11. The van der Waals surface area contributed by atoms with Gasteiger partial charge in [-0.2, -0.15) is 0 Å². The molecule has 0 fully saturated rings. The van der Waals surface area contributed by atoms with E-state index in [1.54, 1.807) is 0 Å². The molecule has 0 spiro atoms. The highest BCUT2D eigenvalue weighted by atomic mass is 16.5. The molecule has 4 heteroatoms. The third kappa shape index (κ3) is 6.01. The molecule has 0 saturated heterocycles. The summed E-state index contributed by atoms with van der Waals surface area (Å²) in [4.78, 5) is 2.39. The number of nitrogens with zero attached hydrogens (tertiary/aromatic N) is 2. The second-order valence-electron chi connectivity index (χ2n) is 17.6. The molecule has 4 nitrogen and oxygen atoms in total. The molecule has 13 aromatic rings. The molecular weight excluding hydrogens is 829 g/mol. The summed E-state index contributed by atoms with van der Waals surface area (Å²) in [5.74, 6) is 1.73. The van der Waals surface area contributed by atoms with Gasteiger partial charge in [-0.3, -0.25) is 0 Å². The Hall–Kier alpha value is -9.12. The van der Waals surface area contributed by atoms with E-state index in [1.807, 2.05) is 18.2 Å². The van der Waals surface area contributed by atoms with Crippen LogP contribution in [0, 0.1) is 0 Å². The molecule has 0 aliphatic carbocycles. The number of ether oxygens (including phenoxy) is 1.